The maximum Gasteiger partial charge on any atom is -0.00468 e. The molecule has 0 aromatic heterocycles. The van der Waals surface area contributed by atoms with Crippen LogP contribution in [0.3, 0.4) is 0 Å². The van der Waals surface area contributed by atoms with Gasteiger partial charge in [-0.25, -0.2) is 0 Å². The van der Waals surface area contributed by atoms with Gasteiger partial charge in [-0.1, -0.05) is 105 Å². The van der Waals surface area contributed by atoms with E-state index < -0.39 is 0 Å². The fraction of sp³-hybridized carbons (Fsp3) is 0.238. The van der Waals surface area contributed by atoms with Gasteiger partial charge in [0.2, 0.25) is 0 Å². The van der Waals surface area contributed by atoms with Crippen molar-refractivity contribution in [3.05, 3.63) is 83.9 Å². The number of benzene rings is 2. The molecule has 0 heteroatoms. The molecule has 0 nitrogen and oxygen atoms in total. The summed E-state index contributed by atoms with van der Waals surface area (Å²) in [6.07, 6.45) is 12.8. The van der Waals surface area contributed by atoms with Crippen molar-refractivity contribution in [1.29, 1.82) is 0 Å². The fourth-order valence-electron chi connectivity index (χ4n) is 2.29. The second-order valence-electron chi connectivity index (χ2n) is 5.35. The number of hydrogen-bond acceptors (Lipinski definition) is 0. The summed E-state index contributed by atoms with van der Waals surface area (Å²) in [5, 5.41) is 0. The molecule has 21 heavy (non-hydrogen) atoms. The monoisotopic (exact) mass is 276 g/mol. The molecule has 0 fully saturated rings. The van der Waals surface area contributed by atoms with Gasteiger partial charge >= 0.3 is 0 Å². The first kappa shape index (κ1) is 15.3. The molecule has 0 aliphatic heterocycles. The Balaban J connectivity index is 2.04. The van der Waals surface area contributed by atoms with Crippen LogP contribution in [0.5, 0.6) is 0 Å². The van der Waals surface area contributed by atoms with Crippen LogP contribution < -0.4 is 0 Å². The first-order valence-corrected chi connectivity index (χ1v) is 7.85. The van der Waals surface area contributed by atoms with Crippen LogP contribution in [0.4, 0.5) is 0 Å². The molecule has 108 valence electrons. The second-order valence-corrected chi connectivity index (χ2v) is 5.35. The molecule has 0 heterocycles. The number of rotatable bonds is 7. The molecule has 0 aliphatic rings. The first-order valence-electron chi connectivity index (χ1n) is 7.85. The van der Waals surface area contributed by atoms with Gasteiger partial charge in [-0.15, -0.1) is 0 Å². The van der Waals surface area contributed by atoms with Crippen molar-refractivity contribution >= 4 is 12.2 Å². The van der Waals surface area contributed by atoms with E-state index in [9.17, 15) is 0 Å². The van der Waals surface area contributed by atoms with Gasteiger partial charge in [0.25, 0.3) is 0 Å². The summed E-state index contributed by atoms with van der Waals surface area (Å²) in [5.74, 6) is 0.505. The van der Waals surface area contributed by atoms with E-state index in [1.807, 2.05) is 0 Å². The van der Waals surface area contributed by atoms with E-state index in [0.717, 1.165) is 0 Å². The standard InChI is InChI=1S/C21H24/c1-2-3-10-21(17-15-19-11-6-4-7-12-19)18-16-20-13-8-5-9-14-20/h4-9,11-18,21H,2-3,10H2,1H3/b17-15+,18-16+. The molecule has 0 atom stereocenters. The summed E-state index contributed by atoms with van der Waals surface area (Å²) < 4.78 is 0. The van der Waals surface area contributed by atoms with Crippen molar-refractivity contribution in [2.45, 2.75) is 26.2 Å². The number of allylic oxidation sites excluding steroid dienone is 2. The highest BCUT2D eigenvalue weighted by Gasteiger charge is 1.99. The lowest BCUT2D eigenvalue weighted by Gasteiger charge is -2.07. The van der Waals surface area contributed by atoms with Crippen LogP contribution in [-0.2, 0) is 0 Å². The van der Waals surface area contributed by atoms with Crippen molar-refractivity contribution in [1.82, 2.24) is 0 Å². The van der Waals surface area contributed by atoms with Crippen molar-refractivity contribution in [2.24, 2.45) is 5.92 Å². The molecule has 0 spiro atoms. The van der Waals surface area contributed by atoms with E-state index in [2.05, 4.69) is 91.9 Å². The Labute approximate surface area is 128 Å². The maximum atomic E-state index is 2.32. The fourth-order valence-corrected chi connectivity index (χ4v) is 2.29. The van der Waals surface area contributed by atoms with Gasteiger partial charge in [-0.05, 0) is 23.5 Å². The van der Waals surface area contributed by atoms with Crippen LogP contribution >= 0.6 is 0 Å². The van der Waals surface area contributed by atoms with Crippen molar-refractivity contribution in [2.75, 3.05) is 0 Å². The van der Waals surface area contributed by atoms with Crippen molar-refractivity contribution in [3.63, 3.8) is 0 Å². The minimum absolute atomic E-state index is 0.505. The van der Waals surface area contributed by atoms with Gasteiger partial charge in [0.1, 0.15) is 0 Å². The third-order valence-corrected chi connectivity index (χ3v) is 3.56. The average Bonchev–Trinajstić information content (AvgIpc) is 2.56. The Morgan fingerprint density at radius 1 is 0.762 bits per heavy atom. The lowest BCUT2D eigenvalue weighted by molar-refractivity contribution is 0.645. The molecule has 0 saturated heterocycles. The predicted molar refractivity (Wildman–Crippen MR) is 94.0 cm³/mol. The molecule has 0 bridgehead atoms. The van der Waals surface area contributed by atoms with Gasteiger partial charge < -0.3 is 0 Å². The van der Waals surface area contributed by atoms with Crippen LogP contribution in [-0.4, -0.2) is 0 Å². The molecule has 2 aromatic carbocycles. The molecule has 0 aliphatic carbocycles. The van der Waals surface area contributed by atoms with E-state index in [1.54, 1.807) is 0 Å². The highest BCUT2D eigenvalue weighted by molar-refractivity contribution is 5.52. The largest absolute Gasteiger partial charge is 0.0770 e. The van der Waals surface area contributed by atoms with Gasteiger partial charge in [0.05, 0.1) is 0 Å². The molecule has 0 N–H and O–H groups in total. The molecule has 0 saturated carbocycles. The van der Waals surface area contributed by atoms with Gasteiger partial charge in [0, 0.05) is 0 Å². The Kier molecular flexibility index (Phi) is 6.54. The van der Waals surface area contributed by atoms with Crippen LogP contribution in [0.1, 0.15) is 37.3 Å². The van der Waals surface area contributed by atoms with Crippen molar-refractivity contribution < 1.29 is 0 Å². The number of unbranched alkanes of at least 4 members (excludes halogenated alkanes) is 1. The highest BCUT2D eigenvalue weighted by Crippen LogP contribution is 2.16. The quantitative estimate of drug-likeness (QED) is 0.563. The molecule has 2 rings (SSSR count). The summed E-state index contributed by atoms with van der Waals surface area (Å²) in [6, 6.07) is 21.0. The first-order chi connectivity index (χ1) is 10.4. The van der Waals surface area contributed by atoms with Gasteiger partial charge in [-0.2, -0.15) is 0 Å². The highest BCUT2D eigenvalue weighted by atomic mass is 14.0. The van der Waals surface area contributed by atoms with E-state index >= 15 is 0 Å². The summed E-state index contributed by atoms with van der Waals surface area (Å²) in [5.41, 5.74) is 2.54. The van der Waals surface area contributed by atoms with Gasteiger partial charge in [-0.3, -0.25) is 0 Å². The zero-order chi connectivity index (χ0) is 14.8. The Morgan fingerprint density at radius 3 is 1.67 bits per heavy atom. The van der Waals surface area contributed by atoms with E-state index in [1.165, 1.54) is 30.4 Å². The minimum Gasteiger partial charge on any atom is -0.0770 e. The van der Waals surface area contributed by atoms with E-state index in [-0.39, 0.29) is 0 Å². The van der Waals surface area contributed by atoms with Crippen LogP contribution in [0, 0.1) is 5.92 Å². The smallest absolute Gasteiger partial charge is 0.00468 e. The lowest BCUT2D eigenvalue weighted by atomic mass is 9.99. The van der Waals surface area contributed by atoms with Crippen LogP contribution in [0.2, 0.25) is 0 Å². The van der Waals surface area contributed by atoms with Crippen LogP contribution in [0.15, 0.2) is 72.8 Å². The molecule has 0 unspecified atom stereocenters. The summed E-state index contributed by atoms with van der Waals surface area (Å²) in [6.45, 7) is 2.25. The van der Waals surface area contributed by atoms with Crippen LogP contribution in [0.25, 0.3) is 12.2 Å². The van der Waals surface area contributed by atoms with E-state index in [0.29, 0.717) is 5.92 Å². The molecular weight excluding hydrogens is 252 g/mol. The number of hydrogen-bond donors (Lipinski definition) is 0. The third-order valence-electron chi connectivity index (χ3n) is 3.56. The van der Waals surface area contributed by atoms with E-state index in [4.69, 9.17) is 0 Å². The normalized spacial score (nSPS) is 11.7. The zero-order valence-electron chi connectivity index (χ0n) is 12.8. The van der Waals surface area contributed by atoms with Gasteiger partial charge in [0.15, 0.2) is 0 Å². The topological polar surface area (TPSA) is 0 Å². The summed E-state index contributed by atoms with van der Waals surface area (Å²) >= 11 is 0. The summed E-state index contributed by atoms with van der Waals surface area (Å²) in [4.78, 5) is 0. The third kappa shape index (κ3) is 5.83. The Bertz CT molecular complexity index is 500. The molecule has 2 aromatic rings. The minimum atomic E-state index is 0.505. The maximum absolute atomic E-state index is 2.32. The Hall–Kier alpha value is -2.08. The lowest BCUT2D eigenvalue weighted by Crippen LogP contribution is -1.91. The SMILES string of the molecule is CCCCC(/C=C/c1ccccc1)/C=C/c1ccccc1. The molecular formula is C21H24. The zero-order valence-corrected chi connectivity index (χ0v) is 12.8. The van der Waals surface area contributed by atoms with Crippen molar-refractivity contribution in [3.8, 4) is 0 Å². The molecule has 0 radical (unpaired) electrons. The second kappa shape index (κ2) is 8.97. The summed E-state index contributed by atoms with van der Waals surface area (Å²) in [7, 11) is 0. The predicted octanol–water partition coefficient (Wildman–Crippen LogP) is 6.22. The average molecular weight is 276 g/mol. The molecule has 0 amide bonds. The Morgan fingerprint density at radius 2 is 1.24 bits per heavy atom.